The molecule has 128 valence electrons. The first-order chi connectivity index (χ1) is 11.5. The van der Waals surface area contributed by atoms with Gasteiger partial charge in [-0.3, -0.25) is 9.69 Å². The molecule has 2 heterocycles. The number of aryl methyl sites for hydroxylation is 1. The average molecular weight is 384 g/mol. The lowest BCUT2D eigenvalue weighted by molar-refractivity contribution is -0.143. The summed E-state index contributed by atoms with van der Waals surface area (Å²) in [4.78, 5) is 14.8. The van der Waals surface area contributed by atoms with Crippen LogP contribution in [0.4, 0.5) is 0 Å². The molecule has 0 saturated carbocycles. The third-order valence-electron chi connectivity index (χ3n) is 4.65. The van der Waals surface area contributed by atoms with Gasteiger partial charge in [0.1, 0.15) is 0 Å². The maximum Gasteiger partial charge on any atom is 0.306 e. The van der Waals surface area contributed by atoms with Crippen LogP contribution < -0.4 is 0 Å². The Hall–Kier alpha value is -1.07. The molecule has 6 heteroatoms. The van der Waals surface area contributed by atoms with Crippen LogP contribution in [0.5, 0.6) is 0 Å². The van der Waals surface area contributed by atoms with Gasteiger partial charge in [0.2, 0.25) is 0 Å². The van der Waals surface area contributed by atoms with Gasteiger partial charge in [0.05, 0.1) is 12.0 Å². The van der Waals surface area contributed by atoms with E-state index in [4.69, 9.17) is 23.2 Å². The first-order valence-corrected chi connectivity index (χ1v) is 9.56. The van der Waals surface area contributed by atoms with Gasteiger partial charge in [-0.15, -0.1) is 11.3 Å². The second-order valence-electron chi connectivity index (χ2n) is 6.18. The number of carbonyl (C=O) groups is 1. The topological polar surface area (TPSA) is 40.5 Å². The average Bonchev–Trinajstić information content (AvgIpc) is 2.96. The Bertz CT molecular complexity index is 738. The van der Waals surface area contributed by atoms with E-state index in [9.17, 15) is 9.90 Å². The fraction of sp³-hybridized carbons (Fsp3) is 0.389. The molecule has 0 amide bonds. The van der Waals surface area contributed by atoms with Gasteiger partial charge in [0, 0.05) is 14.9 Å². The third-order valence-corrected chi connectivity index (χ3v) is 6.28. The first kappa shape index (κ1) is 17.7. The zero-order chi connectivity index (χ0) is 17.3. The molecule has 0 aliphatic carbocycles. The Balaban J connectivity index is 1.95. The molecule has 1 atom stereocenters. The zero-order valence-electron chi connectivity index (χ0n) is 13.3. The predicted molar refractivity (Wildman–Crippen MR) is 99.3 cm³/mol. The maximum atomic E-state index is 11.2. The Kier molecular flexibility index (Phi) is 5.50. The summed E-state index contributed by atoms with van der Waals surface area (Å²) in [6, 6.07) is 7.78. The van der Waals surface area contributed by atoms with Gasteiger partial charge in [-0.05, 0) is 67.6 Å². The van der Waals surface area contributed by atoms with Gasteiger partial charge in [-0.1, -0.05) is 29.3 Å². The van der Waals surface area contributed by atoms with Crippen LogP contribution in [0.3, 0.4) is 0 Å². The highest BCUT2D eigenvalue weighted by molar-refractivity contribution is 7.10. The summed E-state index contributed by atoms with van der Waals surface area (Å²) >= 11 is 14.3. The highest BCUT2D eigenvalue weighted by Gasteiger charge is 2.32. The van der Waals surface area contributed by atoms with Crippen molar-refractivity contribution in [2.75, 3.05) is 13.1 Å². The van der Waals surface area contributed by atoms with Gasteiger partial charge >= 0.3 is 5.97 Å². The van der Waals surface area contributed by atoms with Crippen LogP contribution in [0.15, 0.2) is 29.6 Å². The van der Waals surface area contributed by atoms with E-state index < -0.39 is 5.97 Å². The number of carboxylic acid groups (broad SMARTS) is 1. The van der Waals surface area contributed by atoms with Crippen LogP contribution in [0.1, 0.15) is 34.9 Å². The minimum atomic E-state index is -0.692. The second-order valence-corrected chi connectivity index (χ2v) is 7.98. The van der Waals surface area contributed by atoms with E-state index in [1.807, 2.05) is 12.1 Å². The molecule has 0 bridgehead atoms. The number of carboxylic acids is 1. The first-order valence-electron chi connectivity index (χ1n) is 7.93. The number of benzene rings is 1. The van der Waals surface area contributed by atoms with Crippen LogP contribution in [0.25, 0.3) is 0 Å². The van der Waals surface area contributed by atoms with Crippen molar-refractivity contribution in [3.63, 3.8) is 0 Å². The number of aliphatic carboxylic acids is 1. The van der Waals surface area contributed by atoms with Crippen LogP contribution >= 0.6 is 34.5 Å². The third kappa shape index (κ3) is 3.62. The van der Waals surface area contributed by atoms with Gasteiger partial charge in [0.15, 0.2) is 0 Å². The minimum absolute atomic E-state index is 0.0458. The number of nitrogens with zero attached hydrogens (tertiary/aromatic N) is 1. The van der Waals surface area contributed by atoms with Crippen molar-refractivity contribution in [2.24, 2.45) is 5.92 Å². The van der Waals surface area contributed by atoms with Crippen molar-refractivity contribution < 1.29 is 9.90 Å². The Morgan fingerprint density at radius 3 is 2.54 bits per heavy atom. The van der Waals surface area contributed by atoms with Gasteiger partial charge in [-0.2, -0.15) is 0 Å². The molecule has 1 aliphatic heterocycles. The normalized spacial score (nSPS) is 17.8. The second kappa shape index (κ2) is 7.44. The van der Waals surface area contributed by atoms with E-state index in [0.29, 0.717) is 22.9 Å². The number of piperidine rings is 1. The van der Waals surface area contributed by atoms with Crippen molar-refractivity contribution in [3.05, 3.63) is 55.7 Å². The summed E-state index contributed by atoms with van der Waals surface area (Å²) in [5.41, 5.74) is 2.26. The van der Waals surface area contributed by atoms with Crippen molar-refractivity contribution in [1.29, 1.82) is 0 Å². The number of rotatable bonds is 4. The molecule has 1 aliphatic rings. The molecule has 24 heavy (non-hydrogen) atoms. The van der Waals surface area contributed by atoms with Crippen molar-refractivity contribution in [3.8, 4) is 0 Å². The molecule has 1 aromatic carbocycles. The lowest BCUT2D eigenvalue weighted by Crippen LogP contribution is -2.39. The molecule has 1 aromatic heterocycles. The van der Waals surface area contributed by atoms with Crippen molar-refractivity contribution >= 4 is 40.5 Å². The number of hydrogen-bond donors (Lipinski definition) is 1. The van der Waals surface area contributed by atoms with Gasteiger partial charge < -0.3 is 5.11 Å². The summed E-state index contributed by atoms with van der Waals surface area (Å²) in [5, 5.41) is 12.6. The molecule has 1 fully saturated rings. The number of likely N-dealkylation sites (tertiary alicyclic amines) is 1. The van der Waals surface area contributed by atoms with Gasteiger partial charge in [0.25, 0.3) is 0 Å². The smallest absolute Gasteiger partial charge is 0.306 e. The number of hydrogen-bond acceptors (Lipinski definition) is 3. The minimum Gasteiger partial charge on any atom is -0.481 e. The highest BCUT2D eigenvalue weighted by atomic mass is 35.5. The molecular weight excluding hydrogens is 365 g/mol. The summed E-state index contributed by atoms with van der Waals surface area (Å²) in [6.45, 7) is 3.60. The molecule has 0 spiro atoms. The van der Waals surface area contributed by atoms with Crippen LogP contribution in [0.2, 0.25) is 10.0 Å². The van der Waals surface area contributed by atoms with Crippen molar-refractivity contribution in [2.45, 2.75) is 25.8 Å². The van der Waals surface area contributed by atoms with E-state index in [2.05, 4.69) is 23.3 Å². The fourth-order valence-corrected chi connectivity index (χ4v) is 4.89. The monoisotopic (exact) mass is 383 g/mol. The highest BCUT2D eigenvalue weighted by Crippen LogP contribution is 2.40. The van der Waals surface area contributed by atoms with Crippen LogP contribution in [0, 0.1) is 12.8 Å². The Morgan fingerprint density at radius 1 is 1.29 bits per heavy atom. The van der Waals surface area contributed by atoms with Crippen LogP contribution in [-0.2, 0) is 4.79 Å². The standard InChI is InChI=1S/C18H19Cl2NO2S/c1-11-6-9-24-17(11)16(14-3-2-13(19)10-15(14)20)21-7-4-12(5-8-21)18(22)23/h2-3,6,9-10,12,16H,4-5,7-8H2,1H3,(H,22,23). The van der Waals surface area contributed by atoms with E-state index in [1.165, 1.54) is 10.4 Å². The largest absolute Gasteiger partial charge is 0.481 e. The summed E-state index contributed by atoms with van der Waals surface area (Å²) in [5.74, 6) is -0.935. The predicted octanol–water partition coefficient (Wildman–Crippen LogP) is 5.25. The lowest BCUT2D eigenvalue weighted by atomic mass is 9.93. The summed E-state index contributed by atoms with van der Waals surface area (Å²) < 4.78 is 0. The SMILES string of the molecule is Cc1ccsc1C(c1ccc(Cl)cc1Cl)N1CCC(C(=O)O)CC1. The molecule has 3 rings (SSSR count). The molecule has 3 nitrogen and oxygen atoms in total. The molecule has 1 unspecified atom stereocenters. The van der Waals surface area contributed by atoms with E-state index in [1.54, 1.807) is 17.4 Å². The summed E-state index contributed by atoms with van der Waals surface area (Å²) in [7, 11) is 0. The number of thiophene rings is 1. The van der Waals surface area contributed by atoms with E-state index in [0.717, 1.165) is 18.7 Å². The molecule has 2 aromatic rings. The summed E-state index contributed by atoms with van der Waals surface area (Å²) in [6.07, 6.45) is 1.34. The maximum absolute atomic E-state index is 11.2. The Morgan fingerprint density at radius 2 is 2.00 bits per heavy atom. The lowest BCUT2D eigenvalue weighted by Gasteiger charge is -2.37. The Labute approximate surface area is 155 Å². The quantitative estimate of drug-likeness (QED) is 0.783. The van der Waals surface area contributed by atoms with Gasteiger partial charge in [-0.25, -0.2) is 0 Å². The molecular formula is C18H19Cl2NO2S. The van der Waals surface area contributed by atoms with E-state index >= 15 is 0 Å². The number of halogens is 2. The fourth-order valence-electron chi connectivity index (χ4n) is 3.30. The molecule has 1 saturated heterocycles. The molecule has 1 N–H and O–H groups in total. The van der Waals surface area contributed by atoms with Crippen LogP contribution in [-0.4, -0.2) is 29.1 Å². The zero-order valence-corrected chi connectivity index (χ0v) is 15.7. The van der Waals surface area contributed by atoms with Crippen molar-refractivity contribution in [1.82, 2.24) is 4.90 Å². The molecule has 0 radical (unpaired) electrons. The van der Waals surface area contributed by atoms with E-state index in [-0.39, 0.29) is 12.0 Å².